The highest BCUT2D eigenvalue weighted by molar-refractivity contribution is 6.42. The van der Waals surface area contributed by atoms with Crippen molar-refractivity contribution in [2.75, 3.05) is 19.5 Å². The second-order valence-corrected chi connectivity index (χ2v) is 6.14. The molecule has 0 aliphatic rings. The first-order valence-corrected chi connectivity index (χ1v) is 8.24. The first kappa shape index (κ1) is 18.7. The van der Waals surface area contributed by atoms with E-state index in [1.807, 2.05) is 6.07 Å². The van der Waals surface area contributed by atoms with Crippen LogP contribution in [0.4, 0.5) is 5.69 Å². The van der Waals surface area contributed by atoms with Gasteiger partial charge < -0.3 is 14.8 Å². The highest BCUT2D eigenvalue weighted by atomic mass is 35.5. The molecule has 0 bridgehead atoms. The smallest absolute Gasteiger partial charge is 0.224 e. The summed E-state index contributed by atoms with van der Waals surface area (Å²) in [6.45, 7) is 0. The Bertz CT molecular complexity index is 750. The third kappa shape index (κ3) is 4.47. The number of carbonyl (C=O) groups is 1. The van der Waals surface area contributed by atoms with Crippen LogP contribution in [0.25, 0.3) is 0 Å². The van der Waals surface area contributed by atoms with Crippen LogP contribution in [0.2, 0.25) is 15.1 Å². The van der Waals surface area contributed by atoms with Crippen LogP contribution in [0, 0.1) is 0 Å². The number of aryl methyl sites for hydroxylation is 1. The predicted octanol–water partition coefficient (Wildman–Crippen LogP) is 5.24. The molecule has 2 aromatic carbocycles. The van der Waals surface area contributed by atoms with Gasteiger partial charge in [0.05, 0.1) is 35.0 Å². The zero-order chi connectivity index (χ0) is 17.7. The molecule has 0 aromatic heterocycles. The summed E-state index contributed by atoms with van der Waals surface area (Å²) in [5.41, 5.74) is 1.31. The van der Waals surface area contributed by atoms with Gasteiger partial charge in [0.25, 0.3) is 0 Å². The van der Waals surface area contributed by atoms with Crippen molar-refractivity contribution < 1.29 is 14.3 Å². The maximum Gasteiger partial charge on any atom is 0.224 e. The van der Waals surface area contributed by atoms with Crippen molar-refractivity contribution in [3.05, 3.63) is 51.0 Å². The van der Waals surface area contributed by atoms with Gasteiger partial charge in [0, 0.05) is 18.6 Å². The van der Waals surface area contributed by atoms with Gasteiger partial charge in [0.2, 0.25) is 5.91 Å². The summed E-state index contributed by atoms with van der Waals surface area (Å²) < 4.78 is 10.4. The lowest BCUT2D eigenvalue weighted by Gasteiger charge is -2.13. The van der Waals surface area contributed by atoms with Crippen LogP contribution < -0.4 is 14.8 Å². The SMILES string of the molecule is COc1cc(NC(=O)CCc2cccc(Cl)c2Cl)c(OC)cc1Cl. The fourth-order valence-electron chi connectivity index (χ4n) is 2.16. The van der Waals surface area contributed by atoms with Gasteiger partial charge in [-0.15, -0.1) is 0 Å². The van der Waals surface area contributed by atoms with E-state index < -0.39 is 0 Å². The van der Waals surface area contributed by atoms with Crippen molar-refractivity contribution >= 4 is 46.4 Å². The van der Waals surface area contributed by atoms with Crippen molar-refractivity contribution in [1.29, 1.82) is 0 Å². The molecule has 0 aliphatic carbocycles. The standard InChI is InChI=1S/C17H16Cl3NO3/c1-23-14-9-13(15(24-2)8-12(14)19)21-16(22)7-6-10-4-3-5-11(18)17(10)20/h3-5,8-9H,6-7H2,1-2H3,(H,21,22). The average molecular weight is 389 g/mol. The molecule has 2 aromatic rings. The Kier molecular flexibility index (Phi) is 6.60. The van der Waals surface area contributed by atoms with Crippen molar-refractivity contribution in [3.8, 4) is 11.5 Å². The Morgan fingerprint density at radius 2 is 1.75 bits per heavy atom. The van der Waals surface area contributed by atoms with E-state index in [9.17, 15) is 4.79 Å². The van der Waals surface area contributed by atoms with Crippen molar-refractivity contribution in [3.63, 3.8) is 0 Å². The van der Waals surface area contributed by atoms with E-state index in [1.165, 1.54) is 14.2 Å². The average Bonchev–Trinajstić information content (AvgIpc) is 2.57. The zero-order valence-electron chi connectivity index (χ0n) is 13.2. The molecular formula is C17H16Cl3NO3. The number of amides is 1. The van der Waals surface area contributed by atoms with Gasteiger partial charge >= 0.3 is 0 Å². The first-order valence-electron chi connectivity index (χ1n) is 7.10. The summed E-state index contributed by atoms with van der Waals surface area (Å²) in [5, 5.41) is 4.13. The summed E-state index contributed by atoms with van der Waals surface area (Å²) in [7, 11) is 3.00. The van der Waals surface area contributed by atoms with E-state index in [2.05, 4.69) is 5.32 Å². The lowest BCUT2D eigenvalue weighted by atomic mass is 10.1. The fourth-order valence-corrected chi connectivity index (χ4v) is 2.81. The number of nitrogens with one attached hydrogen (secondary N) is 1. The van der Waals surface area contributed by atoms with E-state index in [4.69, 9.17) is 44.3 Å². The number of rotatable bonds is 6. The maximum absolute atomic E-state index is 12.2. The zero-order valence-corrected chi connectivity index (χ0v) is 15.4. The third-order valence-electron chi connectivity index (χ3n) is 3.40. The fraction of sp³-hybridized carbons (Fsp3) is 0.235. The molecule has 0 atom stereocenters. The summed E-state index contributed by atoms with van der Waals surface area (Å²) in [4.78, 5) is 12.2. The second kappa shape index (κ2) is 8.47. The number of halogens is 3. The summed E-state index contributed by atoms with van der Waals surface area (Å²) in [5.74, 6) is 0.717. The molecule has 128 valence electrons. The number of anilines is 1. The van der Waals surface area contributed by atoms with Crippen LogP contribution >= 0.6 is 34.8 Å². The maximum atomic E-state index is 12.2. The predicted molar refractivity (Wildman–Crippen MR) is 98.0 cm³/mol. The summed E-state index contributed by atoms with van der Waals surface area (Å²) >= 11 is 18.1. The highest BCUT2D eigenvalue weighted by Crippen LogP contribution is 2.36. The lowest BCUT2D eigenvalue weighted by molar-refractivity contribution is -0.116. The van der Waals surface area contributed by atoms with Gasteiger partial charge in [-0.1, -0.05) is 46.9 Å². The van der Waals surface area contributed by atoms with E-state index >= 15 is 0 Å². The van der Waals surface area contributed by atoms with Gasteiger partial charge in [0.1, 0.15) is 11.5 Å². The van der Waals surface area contributed by atoms with Crippen LogP contribution in [0.3, 0.4) is 0 Å². The molecule has 1 amide bonds. The quantitative estimate of drug-likeness (QED) is 0.736. The molecule has 0 spiro atoms. The van der Waals surface area contributed by atoms with E-state index in [0.29, 0.717) is 38.7 Å². The molecule has 24 heavy (non-hydrogen) atoms. The van der Waals surface area contributed by atoms with E-state index in [0.717, 1.165) is 5.56 Å². The van der Waals surface area contributed by atoms with Crippen LogP contribution in [0.1, 0.15) is 12.0 Å². The van der Waals surface area contributed by atoms with Gasteiger partial charge in [-0.25, -0.2) is 0 Å². The molecule has 2 rings (SSSR count). The van der Waals surface area contributed by atoms with Gasteiger partial charge in [0.15, 0.2) is 0 Å². The van der Waals surface area contributed by atoms with Crippen LogP contribution in [0.5, 0.6) is 11.5 Å². The second-order valence-electron chi connectivity index (χ2n) is 4.95. The monoisotopic (exact) mass is 387 g/mol. The Labute approximate surface area is 155 Å². The molecule has 0 fully saturated rings. The molecule has 1 N–H and O–H groups in total. The number of hydrogen-bond donors (Lipinski definition) is 1. The molecule has 7 heteroatoms. The minimum atomic E-state index is -0.186. The van der Waals surface area contributed by atoms with Gasteiger partial charge in [-0.3, -0.25) is 4.79 Å². The van der Waals surface area contributed by atoms with E-state index in [-0.39, 0.29) is 12.3 Å². The normalized spacial score (nSPS) is 10.4. The Morgan fingerprint density at radius 1 is 1.04 bits per heavy atom. The number of benzene rings is 2. The summed E-state index contributed by atoms with van der Waals surface area (Å²) in [6, 6.07) is 8.55. The van der Waals surface area contributed by atoms with Gasteiger partial charge in [-0.05, 0) is 18.1 Å². The van der Waals surface area contributed by atoms with E-state index in [1.54, 1.807) is 24.3 Å². The molecule has 0 unspecified atom stereocenters. The van der Waals surface area contributed by atoms with Crippen LogP contribution in [-0.2, 0) is 11.2 Å². The molecule has 0 heterocycles. The van der Waals surface area contributed by atoms with Crippen molar-refractivity contribution in [2.45, 2.75) is 12.8 Å². The number of carbonyl (C=O) groups excluding carboxylic acids is 1. The minimum absolute atomic E-state index is 0.186. The van der Waals surface area contributed by atoms with Crippen molar-refractivity contribution in [2.24, 2.45) is 0 Å². The van der Waals surface area contributed by atoms with Gasteiger partial charge in [-0.2, -0.15) is 0 Å². The molecule has 0 aliphatic heterocycles. The summed E-state index contributed by atoms with van der Waals surface area (Å²) in [6.07, 6.45) is 0.715. The first-order chi connectivity index (χ1) is 11.5. The largest absolute Gasteiger partial charge is 0.495 e. The molecule has 0 saturated heterocycles. The minimum Gasteiger partial charge on any atom is -0.495 e. The Hall–Kier alpha value is -1.62. The number of hydrogen-bond acceptors (Lipinski definition) is 3. The molecule has 4 nitrogen and oxygen atoms in total. The van der Waals surface area contributed by atoms with Crippen LogP contribution in [-0.4, -0.2) is 20.1 Å². The van der Waals surface area contributed by atoms with Crippen LogP contribution in [0.15, 0.2) is 30.3 Å². The highest BCUT2D eigenvalue weighted by Gasteiger charge is 2.13. The topological polar surface area (TPSA) is 47.6 Å². The Balaban J connectivity index is 2.08. The number of ether oxygens (including phenoxy) is 2. The Morgan fingerprint density at radius 3 is 2.42 bits per heavy atom. The molecule has 0 saturated carbocycles. The number of methoxy groups -OCH3 is 2. The molecular weight excluding hydrogens is 373 g/mol. The lowest BCUT2D eigenvalue weighted by Crippen LogP contribution is -2.13. The third-order valence-corrected chi connectivity index (χ3v) is 4.55. The van der Waals surface area contributed by atoms with Crippen molar-refractivity contribution in [1.82, 2.24) is 0 Å². The molecule has 0 radical (unpaired) electrons.